The van der Waals surface area contributed by atoms with Crippen LogP contribution in [0.25, 0.3) is 17.0 Å². The number of thiazole rings is 1. The van der Waals surface area contributed by atoms with Crippen molar-refractivity contribution in [3.8, 4) is 5.75 Å². The highest BCUT2D eigenvalue weighted by atomic mass is 32.1. The molecule has 0 spiro atoms. The van der Waals surface area contributed by atoms with E-state index in [1.165, 1.54) is 23.5 Å². The Morgan fingerprint density at radius 3 is 2.57 bits per heavy atom. The van der Waals surface area contributed by atoms with Gasteiger partial charge in [-0.05, 0) is 63.6 Å². The quantitative estimate of drug-likeness (QED) is 0.213. The van der Waals surface area contributed by atoms with Crippen molar-refractivity contribution in [2.24, 2.45) is 4.99 Å². The van der Waals surface area contributed by atoms with E-state index in [0.717, 1.165) is 27.7 Å². The second-order valence-corrected chi connectivity index (χ2v) is 11.5. The SMILES string of the molecule is CCOC(=O)C1=C(C)N=c2s/c(=C\c3c(C)n(Cc4cccc(F)c4)c4ccccc34)c(=O)n2[C@H]1c1ccccc1OCC. The molecule has 6 rings (SSSR count). The van der Waals surface area contributed by atoms with E-state index in [1.807, 2.05) is 74.5 Å². The number of halogens is 1. The zero-order valence-corrected chi connectivity index (χ0v) is 25.8. The first-order chi connectivity index (χ1) is 21.3. The summed E-state index contributed by atoms with van der Waals surface area (Å²) in [6, 6.07) is 21.2. The molecule has 0 aliphatic carbocycles. The Labute approximate surface area is 257 Å². The minimum Gasteiger partial charge on any atom is -0.494 e. The van der Waals surface area contributed by atoms with E-state index in [1.54, 1.807) is 24.5 Å². The Morgan fingerprint density at radius 2 is 1.80 bits per heavy atom. The third-order valence-corrected chi connectivity index (χ3v) is 8.80. The Morgan fingerprint density at radius 1 is 1.02 bits per heavy atom. The number of allylic oxidation sites excluding steroid dienone is 1. The zero-order valence-electron chi connectivity index (χ0n) is 25.0. The molecule has 9 heteroatoms. The predicted molar refractivity (Wildman–Crippen MR) is 170 cm³/mol. The lowest BCUT2D eigenvalue weighted by Crippen LogP contribution is -2.40. The van der Waals surface area contributed by atoms with Crippen LogP contribution < -0.4 is 19.6 Å². The maximum Gasteiger partial charge on any atom is 0.338 e. The van der Waals surface area contributed by atoms with Gasteiger partial charge in [0, 0.05) is 34.3 Å². The van der Waals surface area contributed by atoms with Gasteiger partial charge in [0.1, 0.15) is 17.6 Å². The molecule has 0 bridgehead atoms. The molecule has 0 saturated heterocycles. The Hall–Kier alpha value is -4.76. The highest BCUT2D eigenvalue weighted by Crippen LogP contribution is 2.36. The van der Waals surface area contributed by atoms with Crippen LogP contribution in [0, 0.1) is 12.7 Å². The molecule has 2 aromatic heterocycles. The third-order valence-electron chi connectivity index (χ3n) is 7.82. The molecule has 3 heterocycles. The molecule has 0 radical (unpaired) electrons. The van der Waals surface area contributed by atoms with Crippen molar-refractivity contribution in [1.82, 2.24) is 9.13 Å². The van der Waals surface area contributed by atoms with Gasteiger partial charge in [0.05, 0.1) is 29.0 Å². The number of para-hydroxylation sites is 2. The van der Waals surface area contributed by atoms with E-state index >= 15 is 0 Å². The van der Waals surface area contributed by atoms with Gasteiger partial charge in [-0.25, -0.2) is 14.2 Å². The number of carbonyl (C=O) groups excluding carboxylic acids is 1. The molecule has 44 heavy (non-hydrogen) atoms. The van der Waals surface area contributed by atoms with E-state index < -0.39 is 12.0 Å². The van der Waals surface area contributed by atoms with Gasteiger partial charge in [-0.15, -0.1) is 0 Å². The van der Waals surface area contributed by atoms with Crippen molar-refractivity contribution in [2.45, 2.75) is 40.3 Å². The largest absolute Gasteiger partial charge is 0.494 e. The maximum atomic E-state index is 14.3. The number of rotatable bonds is 8. The molecule has 3 aromatic carbocycles. The standard InChI is InChI=1S/C35H32FN3O4S/c1-5-42-29-17-10-8-15-26(29)32-31(34(41)43-6-2)21(3)37-35-39(32)33(40)30(44-35)19-27-22(4)38(28-16-9-7-14-25(27)28)20-23-12-11-13-24(36)18-23/h7-19,32H,5-6,20H2,1-4H3/b30-19-/t32-/m0/s1. The normalized spacial score (nSPS) is 14.9. The van der Waals surface area contributed by atoms with Crippen molar-refractivity contribution in [1.29, 1.82) is 0 Å². The molecule has 0 amide bonds. The number of fused-ring (bicyclic) bond motifs is 2. The first kappa shape index (κ1) is 29.3. The van der Waals surface area contributed by atoms with Crippen LogP contribution >= 0.6 is 11.3 Å². The lowest BCUT2D eigenvalue weighted by molar-refractivity contribution is -0.139. The number of esters is 1. The summed E-state index contributed by atoms with van der Waals surface area (Å²) in [5.74, 6) is -0.214. The zero-order chi connectivity index (χ0) is 31.0. The minimum atomic E-state index is -0.773. The molecule has 1 atom stereocenters. The average molecular weight is 610 g/mol. The van der Waals surface area contributed by atoms with Gasteiger partial charge in [-0.2, -0.15) is 0 Å². The summed E-state index contributed by atoms with van der Waals surface area (Å²) in [4.78, 5) is 32.8. The van der Waals surface area contributed by atoms with Crippen LogP contribution in [-0.4, -0.2) is 28.3 Å². The molecule has 0 N–H and O–H groups in total. The smallest absolute Gasteiger partial charge is 0.338 e. The Bertz CT molecular complexity index is 2120. The van der Waals surface area contributed by atoms with E-state index in [0.29, 0.717) is 45.1 Å². The first-order valence-electron chi connectivity index (χ1n) is 14.6. The van der Waals surface area contributed by atoms with Gasteiger partial charge in [0.25, 0.3) is 5.56 Å². The second kappa shape index (κ2) is 12.1. The highest BCUT2D eigenvalue weighted by Gasteiger charge is 2.35. The van der Waals surface area contributed by atoms with Crippen molar-refractivity contribution in [3.63, 3.8) is 0 Å². The average Bonchev–Trinajstić information content (AvgIpc) is 3.45. The molecular weight excluding hydrogens is 577 g/mol. The first-order valence-corrected chi connectivity index (χ1v) is 15.4. The fourth-order valence-electron chi connectivity index (χ4n) is 5.87. The molecule has 0 fully saturated rings. The van der Waals surface area contributed by atoms with Crippen LogP contribution in [0.2, 0.25) is 0 Å². The lowest BCUT2D eigenvalue weighted by atomic mass is 9.95. The molecule has 7 nitrogen and oxygen atoms in total. The Kier molecular flexibility index (Phi) is 8.05. The highest BCUT2D eigenvalue weighted by molar-refractivity contribution is 7.07. The monoisotopic (exact) mass is 609 g/mol. The van der Waals surface area contributed by atoms with Crippen LogP contribution in [0.15, 0.2) is 93.9 Å². The van der Waals surface area contributed by atoms with E-state index in [-0.39, 0.29) is 18.0 Å². The van der Waals surface area contributed by atoms with Gasteiger partial charge < -0.3 is 14.0 Å². The fourth-order valence-corrected chi connectivity index (χ4v) is 6.90. The number of hydrogen-bond donors (Lipinski definition) is 0. The van der Waals surface area contributed by atoms with Crippen molar-refractivity contribution >= 4 is 34.3 Å². The maximum absolute atomic E-state index is 14.3. The number of ether oxygens (including phenoxy) is 2. The van der Waals surface area contributed by atoms with E-state index in [9.17, 15) is 14.0 Å². The van der Waals surface area contributed by atoms with Gasteiger partial charge in [0.2, 0.25) is 0 Å². The van der Waals surface area contributed by atoms with Gasteiger partial charge in [0.15, 0.2) is 4.80 Å². The number of carbonyl (C=O) groups is 1. The lowest BCUT2D eigenvalue weighted by Gasteiger charge is -2.26. The molecule has 0 saturated carbocycles. The Balaban J connectivity index is 1.56. The number of aromatic nitrogens is 2. The van der Waals surface area contributed by atoms with E-state index in [2.05, 4.69) is 4.57 Å². The summed E-state index contributed by atoms with van der Waals surface area (Å²) in [6.07, 6.45) is 1.90. The number of nitrogens with zero attached hydrogens (tertiary/aromatic N) is 3. The minimum absolute atomic E-state index is 0.193. The molecular formula is C35H32FN3O4S. The van der Waals surface area contributed by atoms with Crippen LogP contribution in [0.5, 0.6) is 5.75 Å². The van der Waals surface area contributed by atoms with Gasteiger partial charge in [-0.3, -0.25) is 9.36 Å². The van der Waals surface area contributed by atoms with Crippen molar-refractivity contribution in [3.05, 3.63) is 132 Å². The summed E-state index contributed by atoms with van der Waals surface area (Å²) in [5.41, 5.74) is 4.89. The molecule has 5 aromatic rings. The number of hydrogen-bond acceptors (Lipinski definition) is 6. The molecule has 224 valence electrons. The van der Waals surface area contributed by atoms with Crippen molar-refractivity contribution in [2.75, 3.05) is 13.2 Å². The predicted octanol–water partition coefficient (Wildman–Crippen LogP) is 5.65. The summed E-state index contributed by atoms with van der Waals surface area (Å²) >= 11 is 1.28. The summed E-state index contributed by atoms with van der Waals surface area (Å²) in [6.45, 7) is 8.52. The van der Waals surface area contributed by atoms with Crippen LogP contribution in [0.3, 0.4) is 0 Å². The van der Waals surface area contributed by atoms with Gasteiger partial charge in [-0.1, -0.05) is 59.9 Å². The molecule has 0 unspecified atom stereocenters. The topological polar surface area (TPSA) is 74.8 Å². The van der Waals surface area contributed by atoms with Crippen LogP contribution in [-0.2, 0) is 16.1 Å². The fraction of sp³-hybridized carbons (Fsp3) is 0.229. The molecule has 1 aliphatic rings. The summed E-state index contributed by atoms with van der Waals surface area (Å²) < 4.78 is 29.6. The van der Waals surface area contributed by atoms with Crippen molar-refractivity contribution < 1.29 is 18.7 Å². The number of benzene rings is 3. The third kappa shape index (κ3) is 5.17. The van der Waals surface area contributed by atoms with Crippen LogP contribution in [0.1, 0.15) is 49.2 Å². The second-order valence-electron chi connectivity index (χ2n) is 10.5. The summed E-state index contributed by atoms with van der Waals surface area (Å²) in [7, 11) is 0. The van der Waals surface area contributed by atoms with Crippen LogP contribution in [0.4, 0.5) is 4.39 Å². The van der Waals surface area contributed by atoms with E-state index in [4.69, 9.17) is 14.5 Å². The molecule has 1 aliphatic heterocycles. The van der Waals surface area contributed by atoms with Gasteiger partial charge >= 0.3 is 5.97 Å². The summed E-state index contributed by atoms with van der Waals surface area (Å²) in [5, 5.41) is 0.980.